The molecule has 0 aliphatic rings. The first-order valence-corrected chi connectivity index (χ1v) is 2.37. The maximum atomic E-state index is 5.27. The standard InChI is InChI=1S/C4H8N4.2ClH/c1-8-3-6-7-4(8)2-5;;/h3H,2,5H2,1H3;2*1H. The van der Waals surface area contributed by atoms with Gasteiger partial charge < -0.3 is 10.3 Å². The first kappa shape index (κ1) is 12.4. The molecule has 1 heterocycles. The van der Waals surface area contributed by atoms with Gasteiger partial charge in [0.1, 0.15) is 12.2 Å². The van der Waals surface area contributed by atoms with Crippen molar-refractivity contribution in [2.75, 3.05) is 0 Å². The summed E-state index contributed by atoms with van der Waals surface area (Å²) in [4.78, 5) is 0. The Kier molecular flexibility index (Phi) is 6.76. The van der Waals surface area contributed by atoms with Crippen LogP contribution in [0.15, 0.2) is 6.33 Å². The van der Waals surface area contributed by atoms with Crippen LogP contribution in [0.4, 0.5) is 0 Å². The van der Waals surface area contributed by atoms with Gasteiger partial charge in [-0.05, 0) is 0 Å². The number of hydrogen-bond donors (Lipinski definition) is 1. The second kappa shape index (κ2) is 5.46. The number of halogens is 2. The Labute approximate surface area is 71.6 Å². The lowest BCUT2D eigenvalue weighted by molar-refractivity contribution is 0.792. The molecule has 2 N–H and O–H groups in total. The van der Waals surface area contributed by atoms with Gasteiger partial charge in [0.25, 0.3) is 0 Å². The highest BCUT2D eigenvalue weighted by Crippen LogP contribution is 1.85. The number of hydrogen-bond acceptors (Lipinski definition) is 3. The smallest absolute Gasteiger partial charge is 0.146 e. The monoisotopic (exact) mass is 184 g/mol. The Morgan fingerprint density at radius 2 is 2.20 bits per heavy atom. The van der Waals surface area contributed by atoms with Crippen LogP contribution in [0.1, 0.15) is 5.82 Å². The molecule has 0 aliphatic carbocycles. The van der Waals surface area contributed by atoms with E-state index in [9.17, 15) is 0 Å². The van der Waals surface area contributed by atoms with E-state index in [4.69, 9.17) is 5.73 Å². The van der Waals surface area contributed by atoms with Crippen LogP contribution in [0.5, 0.6) is 0 Å². The third-order valence-electron chi connectivity index (χ3n) is 0.988. The van der Waals surface area contributed by atoms with Gasteiger partial charge in [-0.25, -0.2) is 0 Å². The summed E-state index contributed by atoms with van der Waals surface area (Å²) in [6, 6.07) is 0. The molecule has 0 bridgehead atoms. The van der Waals surface area contributed by atoms with Gasteiger partial charge in [0.15, 0.2) is 0 Å². The number of aromatic nitrogens is 3. The third kappa shape index (κ3) is 2.51. The average Bonchev–Trinajstić information content (AvgIpc) is 2.14. The van der Waals surface area contributed by atoms with E-state index < -0.39 is 0 Å². The van der Waals surface area contributed by atoms with Crippen LogP contribution in [-0.2, 0) is 13.6 Å². The molecule has 1 rings (SSSR count). The minimum absolute atomic E-state index is 0. The van der Waals surface area contributed by atoms with Crippen LogP contribution in [-0.4, -0.2) is 14.8 Å². The molecule has 10 heavy (non-hydrogen) atoms. The molecule has 0 unspecified atom stereocenters. The summed E-state index contributed by atoms with van der Waals surface area (Å²) in [5.74, 6) is 0.810. The zero-order valence-corrected chi connectivity index (χ0v) is 7.15. The van der Waals surface area contributed by atoms with E-state index >= 15 is 0 Å². The van der Waals surface area contributed by atoms with Crippen molar-refractivity contribution in [1.29, 1.82) is 0 Å². The fraction of sp³-hybridized carbons (Fsp3) is 0.500. The van der Waals surface area contributed by atoms with E-state index in [-0.39, 0.29) is 24.8 Å². The Bertz CT molecular complexity index is 176. The van der Waals surface area contributed by atoms with Crippen molar-refractivity contribution >= 4 is 24.8 Å². The molecule has 60 valence electrons. The molecule has 0 spiro atoms. The van der Waals surface area contributed by atoms with E-state index in [2.05, 4.69) is 10.2 Å². The predicted molar refractivity (Wildman–Crippen MR) is 43.4 cm³/mol. The molecular formula is C4H10Cl2N4. The minimum Gasteiger partial charge on any atom is -0.324 e. The van der Waals surface area contributed by atoms with Crippen molar-refractivity contribution in [3.63, 3.8) is 0 Å². The average molecular weight is 185 g/mol. The highest BCUT2D eigenvalue weighted by molar-refractivity contribution is 5.85. The Morgan fingerprint density at radius 3 is 2.40 bits per heavy atom. The van der Waals surface area contributed by atoms with E-state index in [1.54, 1.807) is 10.9 Å². The summed E-state index contributed by atoms with van der Waals surface area (Å²) in [7, 11) is 1.86. The molecule has 0 aromatic carbocycles. The van der Waals surface area contributed by atoms with Crippen LogP contribution >= 0.6 is 24.8 Å². The Morgan fingerprint density at radius 1 is 1.60 bits per heavy atom. The summed E-state index contributed by atoms with van der Waals surface area (Å²) >= 11 is 0. The maximum Gasteiger partial charge on any atom is 0.146 e. The second-order valence-corrected chi connectivity index (χ2v) is 1.56. The number of nitrogens with two attached hydrogens (primary N) is 1. The van der Waals surface area contributed by atoms with Gasteiger partial charge in [0, 0.05) is 7.05 Å². The Hall–Kier alpha value is -0.320. The second-order valence-electron chi connectivity index (χ2n) is 1.56. The molecule has 0 atom stereocenters. The molecule has 1 aromatic heterocycles. The number of aryl methyl sites for hydroxylation is 1. The minimum atomic E-state index is 0. The van der Waals surface area contributed by atoms with Crippen molar-refractivity contribution in [1.82, 2.24) is 14.8 Å². The predicted octanol–water partition coefficient (Wildman–Crippen LogP) is 0.117. The van der Waals surface area contributed by atoms with Crippen LogP contribution in [0.2, 0.25) is 0 Å². The van der Waals surface area contributed by atoms with Gasteiger partial charge in [-0.15, -0.1) is 35.0 Å². The fourth-order valence-electron chi connectivity index (χ4n) is 0.492. The van der Waals surface area contributed by atoms with Crippen molar-refractivity contribution in [2.24, 2.45) is 12.8 Å². The van der Waals surface area contributed by atoms with E-state index in [0.29, 0.717) is 6.54 Å². The lowest BCUT2D eigenvalue weighted by Crippen LogP contribution is -2.03. The van der Waals surface area contributed by atoms with Gasteiger partial charge in [0.05, 0.1) is 6.54 Å². The van der Waals surface area contributed by atoms with Crippen LogP contribution in [0.3, 0.4) is 0 Å². The highest BCUT2D eigenvalue weighted by atomic mass is 35.5. The van der Waals surface area contributed by atoms with Gasteiger partial charge in [-0.3, -0.25) is 0 Å². The lowest BCUT2D eigenvalue weighted by Gasteiger charge is -1.90. The summed E-state index contributed by atoms with van der Waals surface area (Å²) < 4.78 is 1.79. The lowest BCUT2D eigenvalue weighted by atomic mass is 10.6. The molecule has 4 nitrogen and oxygen atoms in total. The number of nitrogens with zero attached hydrogens (tertiary/aromatic N) is 3. The fourth-order valence-corrected chi connectivity index (χ4v) is 0.492. The summed E-state index contributed by atoms with van der Waals surface area (Å²) in [6.07, 6.45) is 1.63. The Balaban J connectivity index is 0. The zero-order valence-electron chi connectivity index (χ0n) is 5.52. The summed E-state index contributed by atoms with van der Waals surface area (Å²) in [5.41, 5.74) is 5.27. The molecular weight excluding hydrogens is 175 g/mol. The van der Waals surface area contributed by atoms with Crippen molar-refractivity contribution < 1.29 is 0 Å². The number of rotatable bonds is 1. The molecule has 0 radical (unpaired) electrons. The first-order valence-electron chi connectivity index (χ1n) is 2.37. The third-order valence-corrected chi connectivity index (χ3v) is 0.988. The molecule has 1 aromatic rings. The van der Waals surface area contributed by atoms with Crippen molar-refractivity contribution in [2.45, 2.75) is 6.54 Å². The van der Waals surface area contributed by atoms with E-state index in [0.717, 1.165) is 5.82 Å². The van der Waals surface area contributed by atoms with Crippen molar-refractivity contribution in [3.8, 4) is 0 Å². The SMILES string of the molecule is Cl.Cl.Cn1cnnc1CN. The van der Waals surface area contributed by atoms with Crippen LogP contribution in [0, 0.1) is 0 Å². The van der Waals surface area contributed by atoms with Crippen LogP contribution < -0.4 is 5.73 Å². The molecule has 0 saturated heterocycles. The van der Waals surface area contributed by atoms with Crippen molar-refractivity contribution in [3.05, 3.63) is 12.2 Å². The summed E-state index contributed by atoms with van der Waals surface area (Å²) in [6.45, 7) is 0.455. The molecule has 0 aliphatic heterocycles. The highest BCUT2D eigenvalue weighted by Gasteiger charge is 1.92. The molecule has 0 amide bonds. The van der Waals surface area contributed by atoms with E-state index in [1.165, 1.54) is 0 Å². The molecule has 0 fully saturated rings. The van der Waals surface area contributed by atoms with Crippen LogP contribution in [0.25, 0.3) is 0 Å². The first-order chi connectivity index (χ1) is 3.84. The normalized spacial score (nSPS) is 7.80. The summed E-state index contributed by atoms with van der Waals surface area (Å²) in [5, 5.41) is 7.35. The maximum absolute atomic E-state index is 5.27. The molecule has 6 heteroatoms. The topological polar surface area (TPSA) is 56.7 Å². The molecule has 0 saturated carbocycles. The van der Waals surface area contributed by atoms with E-state index in [1.807, 2.05) is 7.05 Å². The van der Waals surface area contributed by atoms with Gasteiger partial charge >= 0.3 is 0 Å². The largest absolute Gasteiger partial charge is 0.324 e. The van der Waals surface area contributed by atoms with Gasteiger partial charge in [-0.1, -0.05) is 0 Å². The van der Waals surface area contributed by atoms with Gasteiger partial charge in [-0.2, -0.15) is 0 Å². The zero-order chi connectivity index (χ0) is 5.98. The quantitative estimate of drug-likeness (QED) is 0.675. The van der Waals surface area contributed by atoms with Gasteiger partial charge in [0.2, 0.25) is 0 Å².